The van der Waals surface area contributed by atoms with E-state index in [9.17, 15) is 4.79 Å². The Kier molecular flexibility index (Phi) is 4.44. The van der Waals surface area contributed by atoms with Gasteiger partial charge in [-0.15, -0.1) is 0 Å². The summed E-state index contributed by atoms with van der Waals surface area (Å²) in [6.07, 6.45) is 1.98. The topological polar surface area (TPSA) is 56.8 Å². The molecule has 2 aliphatic rings. The number of hydrogen-bond donors (Lipinski definition) is 2. The molecule has 0 aliphatic carbocycles. The second-order valence-electron chi connectivity index (χ2n) is 7.06. The number of ether oxygens (including phenoxy) is 1. The van der Waals surface area contributed by atoms with Crippen LogP contribution in [0.5, 0.6) is 5.75 Å². The van der Waals surface area contributed by atoms with Crippen LogP contribution in [0.4, 0.5) is 5.69 Å². The summed E-state index contributed by atoms with van der Waals surface area (Å²) < 4.78 is 17.5. The van der Waals surface area contributed by atoms with E-state index in [0.717, 1.165) is 11.0 Å². The van der Waals surface area contributed by atoms with E-state index < -0.39 is 18.3 Å². The van der Waals surface area contributed by atoms with Crippen molar-refractivity contribution in [2.24, 2.45) is 0 Å². The SMILES string of the molecule is CC1(C)OB(C(=Cc2ccc3c(c2)NC(=O)CO3)CS)OC1(C)C. The molecule has 24 heavy (non-hydrogen) atoms. The number of nitrogens with one attached hydrogen (secondary N) is 1. The number of carbonyl (C=O) groups is 1. The van der Waals surface area contributed by atoms with Gasteiger partial charge in [0.2, 0.25) is 0 Å². The predicted molar refractivity (Wildman–Crippen MR) is 98.5 cm³/mol. The minimum absolute atomic E-state index is 0.0536. The molecule has 2 aliphatic heterocycles. The summed E-state index contributed by atoms with van der Waals surface area (Å²) in [4.78, 5) is 11.5. The van der Waals surface area contributed by atoms with Gasteiger partial charge in [0.05, 0.1) is 16.9 Å². The highest BCUT2D eigenvalue weighted by molar-refractivity contribution is 7.80. The van der Waals surface area contributed by atoms with E-state index in [1.165, 1.54) is 0 Å². The quantitative estimate of drug-likeness (QED) is 0.652. The third-order valence-corrected chi connectivity index (χ3v) is 5.09. The van der Waals surface area contributed by atoms with Gasteiger partial charge in [-0.1, -0.05) is 12.1 Å². The minimum atomic E-state index is -0.436. The summed E-state index contributed by atoms with van der Waals surface area (Å²) in [7, 11) is -0.436. The molecule has 1 amide bonds. The Hall–Kier alpha value is -1.44. The predicted octanol–water partition coefficient (Wildman–Crippen LogP) is 2.96. The molecule has 0 spiro atoms. The Balaban J connectivity index is 1.87. The van der Waals surface area contributed by atoms with Gasteiger partial charge >= 0.3 is 7.12 Å². The zero-order chi connectivity index (χ0) is 17.5. The van der Waals surface area contributed by atoms with Crippen LogP contribution in [-0.4, -0.2) is 36.6 Å². The molecule has 0 aromatic heterocycles. The van der Waals surface area contributed by atoms with E-state index in [-0.39, 0.29) is 12.5 Å². The van der Waals surface area contributed by atoms with E-state index in [0.29, 0.717) is 17.2 Å². The Morgan fingerprint density at radius 1 is 1.29 bits per heavy atom. The van der Waals surface area contributed by atoms with Gasteiger partial charge in [0.25, 0.3) is 5.91 Å². The summed E-state index contributed by atoms with van der Waals surface area (Å²) in [5.41, 5.74) is 1.75. The largest absolute Gasteiger partial charge is 0.491 e. The fourth-order valence-electron chi connectivity index (χ4n) is 2.59. The van der Waals surface area contributed by atoms with Gasteiger partial charge in [-0.25, -0.2) is 0 Å². The van der Waals surface area contributed by atoms with Gasteiger partial charge in [-0.2, -0.15) is 12.6 Å². The van der Waals surface area contributed by atoms with Crippen molar-refractivity contribution in [1.82, 2.24) is 0 Å². The van der Waals surface area contributed by atoms with Crippen molar-refractivity contribution >= 4 is 37.4 Å². The molecule has 0 saturated carbocycles. The zero-order valence-corrected chi connectivity index (χ0v) is 15.3. The van der Waals surface area contributed by atoms with Crippen molar-refractivity contribution < 1.29 is 18.8 Å². The van der Waals surface area contributed by atoms with Crippen molar-refractivity contribution in [1.29, 1.82) is 0 Å². The molecular formula is C17H22BNO4S. The third-order valence-electron chi connectivity index (χ3n) is 4.73. The molecule has 1 N–H and O–H groups in total. The highest BCUT2D eigenvalue weighted by Gasteiger charge is 2.52. The lowest BCUT2D eigenvalue weighted by molar-refractivity contribution is -0.118. The van der Waals surface area contributed by atoms with Gasteiger partial charge in [0.1, 0.15) is 5.75 Å². The van der Waals surface area contributed by atoms with E-state index in [2.05, 4.69) is 17.9 Å². The number of anilines is 1. The number of amides is 1. The normalized spacial score (nSPS) is 22.0. The maximum Gasteiger partial charge on any atom is 0.491 e. The first-order chi connectivity index (χ1) is 11.2. The van der Waals surface area contributed by atoms with Crippen LogP contribution in [0.1, 0.15) is 33.3 Å². The molecule has 1 saturated heterocycles. The lowest BCUT2D eigenvalue weighted by Gasteiger charge is -2.32. The van der Waals surface area contributed by atoms with Gasteiger partial charge in [-0.05, 0) is 50.9 Å². The van der Waals surface area contributed by atoms with Crippen molar-refractivity contribution in [2.75, 3.05) is 17.7 Å². The molecule has 1 fully saturated rings. The number of rotatable bonds is 3. The number of thiol groups is 1. The molecule has 7 heteroatoms. The van der Waals surface area contributed by atoms with E-state index in [4.69, 9.17) is 14.0 Å². The first-order valence-corrected chi connectivity index (χ1v) is 8.59. The van der Waals surface area contributed by atoms with E-state index in [1.807, 2.05) is 52.0 Å². The number of carbonyl (C=O) groups excluding carboxylic acids is 1. The van der Waals surface area contributed by atoms with Crippen LogP contribution in [-0.2, 0) is 14.1 Å². The van der Waals surface area contributed by atoms with Crippen LogP contribution in [0.3, 0.4) is 0 Å². The van der Waals surface area contributed by atoms with E-state index >= 15 is 0 Å². The fraction of sp³-hybridized carbons (Fsp3) is 0.471. The van der Waals surface area contributed by atoms with Crippen LogP contribution in [0.2, 0.25) is 0 Å². The summed E-state index contributed by atoms with van der Waals surface area (Å²) in [6.45, 7) is 8.14. The molecule has 1 aromatic rings. The highest BCUT2D eigenvalue weighted by Crippen LogP contribution is 2.39. The second kappa shape index (κ2) is 6.13. The lowest BCUT2D eigenvalue weighted by Crippen LogP contribution is -2.41. The van der Waals surface area contributed by atoms with E-state index in [1.54, 1.807) is 0 Å². The summed E-state index contributed by atoms with van der Waals surface area (Å²) in [6, 6.07) is 5.66. The second-order valence-corrected chi connectivity index (χ2v) is 7.37. The molecule has 128 valence electrons. The molecule has 0 radical (unpaired) electrons. The molecule has 0 atom stereocenters. The molecule has 1 aromatic carbocycles. The number of hydrogen-bond acceptors (Lipinski definition) is 5. The van der Waals surface area contributed by atoms with Crippen molar-refractivity contribution in [2.45, 2.75) is 38.9 Å². The average molecular weight is 347 g/mol. The maximum atomic E-state index is 11.5. The van der Waals surface area contributed by atoms with Crippen molar-refractivity contribution in [3.05, 3.63) is 29.2 Å². The van der Waals surface area contributed by atoms with Gasteiger partial charge in [-0.3, -0.25) is 4.79 Å². The number of fused-ring (bicyclic) bond motifs is 1. The van der Waals surface area contributed by atoms with Crippen molar-refractivity contribution in [3.8, 4) is 5.75 Å². The standard InChI is InChI=1S/C17H22BNO4S/c1-16(2)17(3,4)23-18(22-16)12(10-24)7-11-5-6-14-13(8-11)19-15(20)9-21-14/h5-8,24H,9-10H2,1-4H3,(H,19,20). The van der Waals surface area contributed by atoms with Crippen LogP contribution < -0.4 is 10.1 Å². The molecule has 0 bridgehead atoms. The fourth-order valence-corrected chi connectivity index (χ4v) is 2.83. The lowest BCUT2D eigenvalue weighted by atomic mass is 9.78. The average Bonchev–Trinajstić information content (AvgIpc) is 2.72. The first kappa shape index (κ1) is 17.4. The third kappa shape index (κ3) is 3.20. The Morgan fingerprint density at radius 2 is 1.96 bits per heavy atom. The summed E-state index contributed by atoms with van der Waals surface area (Å²) in [5, 5.41) is 2.81. The highest BCUT2D eigenvalue weighted by atomic mass is 32.1. The summed E-state index contributed by atoms with van der Waals surface area (Å²) in [5.74, 6) is 1.04. The maximum absolute atomic E-state index is 11.5. The van der Waals surface area contributed by atoms with Gasteiger partial charge < -0.3 is 19.4 Å². The molecule has 0 unspecified atom stereocenters. The smallest absolute Gasteiger partial charge is 0.482 e. The monoisotopic (exact) mass is 347 g/mol. The molecule has 5 nitrogen and oxygen atoms in total. The molecule has 3 rings (SSSR count). The Labute approximate surface area is 148 Å². The van der Waals surface area contributed by atoms with Crippen LogP contribution in [0.15, 0.2) is 23.7 Å². The van der Waals surface area contributed by atoms with Crippen LogP contribution in [0, 0.1) is 0 Å². The van der Waals surface area contributed by atoms with Gasteiger partial charge in [0, 0.05) is 5.75 Å². The minimum Gasteiger partial charge on any atom is -0.482 e. The van der Waals surface area contributed by atoms with Crippen LogP contribution >= 0.6 is 12.6 Å². The summed E-state index contributed by atoms with van der Waals surface area (Å²) >= 11 is 4.42. The zero-order valence-electron chi connectivity index (χ0n) is 14.4. The molecular weight excluding hydrogens is 325 g/mol. The van der Waals surface area contributed by atoms with Gasteiger partial charge in [0.15, 0.2) is 6.61 Å². The molecule has 2 heterocycles. The first-order valence-electron chi connectivity index (χ1n) is 7.95. The number of benzene rings is 1. The van der Waals surface area contributed by atoms with Crippen molar-refractivity contribution in [3.63, 3.8) is 0 Å². The Morgan fingerprint density at radius 3 is 2.58 bits per heavy atom. The van der Waals surface area contributed by atoms with Crippen LogP contribution in [0.25, 0.3) is 6.08 Å². The Bertz CT molecular complexity index is 686.